The summed E-state index contributed by atoms with van der Waals surface area (Å²) in [5.74, 6) is 0.769. The van der Waals surface area contributed by atoms with Gasteiger partial charge in [-0.05, 0) is 40.1 Å². The van der Waals surface area contributed by atoms with Gasteiger partial charge in [0, 0.05) is 18.3 Å². The van der Waals surface area contributed by atoms with Gasteiger partial charge in [-0.2, -0.15) is 5.26 Å². The van der Waals surface area contributed by atoms with E-state index in [1.54, 1.807) is 12.1 Å². The number of rotatable bonds is 4. The maximum Gasteiger partial charge on any atom is 0.127 e. The fraction of sp³-hybridized carbons (Fsp3) is 0.500. The number of aromatic nitrogens is 1. The number of nitrogens with zero attached hydrogens (tertiary/aromatic N) is 3. The highest BCUT2D eigenvalue weighted by Crippen LogP contribution is 2.09. The molecule has 1 unspecified atom stereocenters. The zero-order valence-corrected chi connectivity index (χ0v) is 10.3. The first-order valence-electron chi connectivity index (χ1n) is 5.32. The Labute approximate surface area is 96.9 Å². The molecular weight excluding hydrogens is 200 g/mol. The van der Waals surface area contributed by atoms with Crippen molar-refractivity contribution in [1.82, 2.24) is 9.88 Å². The lowest BCUT2D eigenvalue weighted by Crippen LogP contribution is -2.31. The predicted octanol–water partition coefficient (Wildman–Crippen LogP) is 1.62. The standard InChI is InChI=1S/C12H18N4/c1-9-5-11(7-13)6-12(15-9)14-8-10(2)16(3)4/h5-6,10H,8H2,1-4H3,(H,14,15). The average Bonchev–Trinajstić information content (AvgIpc) is 2.24. The van der Waals surface area contributed by atoms with E-state index in [0.29, 0.717) is 11.6 Å². The van der Waals surface area contributed by atoms with E-state index >= 15 is 0 Å². The molecule has 1 aromatic heterocycles. The second-order valence-electron chi connectivity index (χ2n) is 4.19. The predicted molar refractivity (Wildman–Crippen MR) is 65.3 cm³/mol. The zero-order chi connectivity index (χ0) is 12.1. The van der Waals surface area contributed by atoms with Gasteiger partial charge in [0.25, 0.3) is 0 Å². The van der Waals surface area contributed by atoms with Crippen LogP contribution in [0, 0.1) is 18.3 Å². The summed E-state index contributed by atoms with van der Waals surface area (Å²) in [5.41, 5.74) is 1.51. The van der Waals surface area contributed by atoms with Crippen molar-refractivity contribution in [3.8, 4) is 6.07 Å². The lowest BCUT2D eigenvalue weighted by atomic mass is 10.2. The fourth-order valence-corrected chi connectivity index (χ4v) is 1.26. The van der Waals surface area contributed by atoms with Crippen molar-refractivity contribution >= 4 is 5.82 Å². The highest BCUT2D eigenvalue weighted by molar-refractivity contribution is 5.44. The van der Waals surface area contributed by atoms with Crippen LogP contribution in [0.25, 0.3) is 0 Å². The van der Waals surface area contributed by atoms with Crippen LogP contribution in [-0.2, 0) is 0 Å². The molecule has 0 radical (unpaired) electrons. The molecule has 0 saturated carbocycles. The molecule has 0 aliphatic carbocycles. The van der Waals surface area contributed by atoms with E-state index in [1.807, 2.05) is 21.0 Å². The molecule has 4 nitrogen and oxygen atoms in total. The molecule has 1 atom stereocenters. The van der Waals surface area contributed by atoms with Gasteiger partial charge in [0.05, 0.1) is 11.6 Å². The van der Waals surface area contributed by atoms with Gasteiger partial charge in [-0.3, -0.25) is 0 Å². The molecule has 4 heteroatoms. The number of anilines is 1. The molecule has 0 fully saturated rings. The molecule has 0 aliphatic rings. The molecule has 0 spiro atoms. The summed E-state index contributed by atoms with van der Waals surface area (Å²) >= 11 is 0. The highest BCUT2D eigenvalue weighted by atomic mass is 15.1. The molecule has 16 heavy (non-hydrogen) atoms. The van der Waals surface area contributed by atoms with Gasteiger partial charge >= 0.3 is 0 Å². The topological polar surface area (TPSA) is 52.0 Å². The van der Waals surface area contributed by atoms with Crippen LogP contribution >= 0.6 is 0 Å². The molecule has 0 amide bonds. The van der Waals surface area contributed by atoms with Gasteiger partial charge in [-0.1, -0.05) is 0 Å². The summed E-state index contributed by atoms with van der Waals surface area (Å²) in [6.45, 7) is 4.84. The highest BCUT2D eigenvalue weighted by Gasteiger charge is 2.05. The first-order chi connectivity index (χ1) is 7.52. The van der Waals surface area contributed by atoms with Crippen LogP contribution in [-0.4, -0.2) is 36.6 Å². The first-order valence-corrected chi connectivity index (χ1v) is 5.32. The van der Waals surface area contributed by atoms with E-state index in [-0.39, 0.29) is 0 Å². The van der Waals surface area contributed by atoms with Crippen LogP contribution in [0.5, 0.6) is 0 Å². The Morgan fingerprint density at radius 2 is 2.19 bits per heavy atom. The van der Waals surface area contributed by atoms with Crippen molar-refractivity contribution in [3.05, 3.63) is 23.4 Å². The van der Waals surface area contributed by atoms with E-state index in [9.17, 15) is 0 Å². The normalized spacial score (nSPS) is 12.2. The minimum Gasteiger partial charge on any atom is -0.368 e. The SMILES string of the molecule is Cc1cc(C#N)cc(NCC(C)N(C)C)n1. The van der Waals surface area contributed by atoms with Crippen molar-refractivity contribution in [3.63, 3.8) is 0 Å². The smallest absolute Gasteiger partial charge is 0.127 e. The van der Waals surface area contributed by atoms with Gasteiger partial charge in [0.1, 0.15) is 5.82 Å². The Morgan fingerprint density at radius 3 is 2.75 bits per heavy atom. The van der Waals surface area contributed by atoms with Crippen molar-refractivity contribution in [2.24, 2.45) is 0 Å². The number of likely N-dealkylation sites (N-methyl/N-ethyl adjacent to an activating group) is 1. The van der Waals surface area contributed by atoms with Gasteiger partial charge in [-0.15, -0.1) is 0 Å². The number of aryl methyl sites for hydroxylation is 1. The average molecular weight is 218 g/mol. The molecule has 0 saturated heterocycles. The third-order valence-electron chi connectivity index (χ3n) is 2.54. The van der Waals surface area contributed by atoms with Crippen LogP contribution < -0.4 is 5.32 Å². The van der Waals surface area contributed by atoms with Gasteiger partial charge < -0.3 is 10.2 Å². The third-order valence-corrected chi connectivity index (χ3v) is 2.54. The number of nitrogens with one attached hydrogen (secondary N) is 1. The molecule has 86 valence electrons. The summed E-state index contributed by atoms with van der Waals surface area (Å²) in [6.07, 6.45) is 0. The molecular formula is C12H18N4. The second kappa shape index (κ2) is 5.47. The molecule has 0 aromatic carbocycles. The Balaban J connectivity index is 2.68. The molecule has 1 heterocycles. The molecule has 1 rings (SSSR count). The van der Waals surface area contributed by atoms with Crippen LogP contribution in [0.4, 0.5) is 5.82 Å². The van der Waals surface area contributed by atoms with E-state index in [2.05, 4.69) is 28.2 Å². The molecule has 1 N–H and O–H groups in total. The molecule has 0 bridgehead atoms. The van der Waals surface area contributed by atoms with Crippen LogP contribution in [0.1, 0.15) is 18.2 Å². The summed E-state index contributed by atoms with van der Waals surface area (Å²) in [4.78, 5) is 6.47. The summed E-state index contributed by atoms with van der Waals surface area (Å²) in [7, 11) is 4.08. The monoisotopic (exact) mass is 218 g/mol. The largest absolute Gasteiger partial charge is 0.368 e. The summed E-state index contributed by atoms with van der Waals surface area (Å²) < 4.78 is 0. The maximum absolute atomic E-state index is 8.84. The molecule has 1 aromatic rings. The fourth-order valence-electron chi connectivity index (χ4n) is 1.26. The van der Waals surface area contributed by atoms with Crippen molar-refractivity contribution in [2.45, 2.75) is 19.9 Å². The zero-order valence-electron chi connectivity index (χ0n) is 10.3. The van der Waals surface area contributed by atoms with E-state index in [4.69, 9.17) is 5.26 Å². The quantitative estimate of drug-likeness (QED) is 0.834. The lowest BCUT2D eigenvalue weighted by molar-refractivity contribution is 0.326. The van der Waals surface area contributed by atoms with Crippen molar-refractivity contribution < 1.29 is 0 Å². The third kappa shape index (κ3) is 3.52. The number of nitriles is 1. The second-order valence-corrected chi connectivity index (χ2v) is 4.19. The Morgan fingerprint density at radius 1 is 1.50 bits per heavy atom. The van der Waals surface area contributed by atoms with Crippen molar-refractivity contribution in [1.29, 1.82) is 5.26 Å². The minimum absolute atomic E-state index is 0.424. The van der Waals surface area contributed by atoms with Gasteiger partial charge in [0.2, 0.25) is 0 Å². The van der Waals surface area contributed by atoms with Crippen molar-refractivity contribution in [2.75, 3.05) is 26.0 Å². The van der Waals surface area contributed by atoms with Crippen LogP contribution in [0.2, 0.25) is 0 Å². The maximum atomic E-state index is 8.84. The lowest BCUT2D eigenvalue weighted by Gasteiger charge is -2.20. The van der Waals surface area contributed by atoms with Gasteiger partial charge in [0.15, 0.2) is 0 Å². The number of hydrogen-bond acceptors (Lipinski definition) is 4. The number of pyridine rings is 1. The van der Waals surface area contributed by atoms with Gasteiger partial charge in [-0.25, -0.2) is 4.98 Å². The van der Waals surface area contributed by atoms with Crippen LogP contribution in [0.3, 0.4) is 0 Å². The Bertz CT molecular complexity index is 392. The minimum atomic E-state index is 0.424. The van der Waals surface area contributed by atoms with E-state index in [0.717, 1.165) is 18.1 Å². The number of hydrogen-bond donors (Lipinski definition) is 1. The van der Waals surface area contributed by atoms with E-state index in [1.165, 1.54) is 0 Å². The summed E-state index contributed by atoms with van der Waals surface area (Å²) in [6, 6.07) is 6.10. The Hall–Kier alpha value is -1.60. The van der Waals surface area contributed by atoms with E-state index < -0.39 is 0 Å². The Kier molecular flexibility index (Phi) is 4.27. The summed E-state index contributed by atoms with van der Waals surface area (Å²) in [5, 5.41) is 12.1. The van der Waals surface area contributed by atoms with Crippen LogP contribution in [0.15, 0.2) is 12.1 Å². The molecule has 0 aliphatic heterocycles. The first kappa shape index (κ1) is 12.5.